The van der Waals surface area contributed by atoms with Crippen molar-refractivity contribution < 1.29 is 14.4 Å². The molecule has 0 spiro atoms. The molecule has 18 heavy (non-hydrogen) atoms. The van der Waals surface area contributed by atoms with Crippen molar-refractivity contribution in [2.45, 2.75) is 25.8 Å². The molecule has 3 amide bonds. The Labute approximate surface area is 108 Å². The first-order valence-electron chi connectivity index (χ1n) is 5.48. The number of nitrogen functional groups attached to an aromatic ring is 1. The maximum absolute atomic E-state index is 11.9. The number of hydrogen-bond donors (Lipinski definition) is 3. The molecule has 6 nitrogen and oxygen atoms in total. The molecule has 4 N–H and O–H groups in total. The lowest BCUT2D eigenvalue weighted by atomic mass is 10.1. The fourth-order valence-electron chi connectivity index (χ4n) is 1.67. The molecule has 0 aromatic carbocycles. The Morgan fingerprint density at radius 2 is 2.28 bits per heavy atom. The van der Waals surface area contributed by atoms with Crippen LogP contribution in [0.2, 0.25) is 0 Å². The Kier molecular flexibility index (Phi) is 3.33. The highest BCUT2D eigenvalue weighted by atomic mass is 32.1. The Balaban J connectivity index is 2.03. The molecule has 96 valence electrons. The highest BCUT2D eigenvalue weighted by molar-refractivity contribution is 7.14. The van der Waals surface area contributed by atoms with Crippen molar-refractivity contribution in [3.8, 4) is 0 Å². The largest absolute Gasteiger partial charge is 0.398 e. The van der Waals surface area contributed by atoms with Gasteiger partial charge in [-0.2, -0.15) is 0 Å². The predicted octanol–water partition coefficient (Wildman–Crippen LogP) is 0.174. The summed E-state index contributed by atoms with van der Waals surface area (Å²) in [4.78, 5) is 35.7. The van der Waals surface area contributed by atoms with E-state index in [1.807, 2.05) is 6.92 Å². The zero-order chi connectivity index (χ0) is 13.3. The van der Waals surface area contributed by atoms with Crippen molar-refractivity contribution in [2.75, 3.05) is 5.73 Å². The molecule has 0 radical (unpaired) electrons. The topological polar surface area (TPSA) is 101 Å². The minimum absolute atomic E-state index is 0.238. The Bertz CT molecular complexity index is 504. The molecule has 0 bridgehead atoms. The maximum Gasteiger partial charge on any atom is 0.262 e. The summed E-state index contributed by atoms with van der Waals surface area (Å²) in [5.41, 5.74) is 6.23. The van der Waals surface area contributed by atoms with E-state index in [2.05, 4.69) is 10.6 Å². The highest BCUT2D eigenvalue weighted by Gasteiger charge is 2.28. The molecule has 7 heteroatoms. The van der Waals surface area contributed by atoms with Gasteiger partial charge in [0.25, 0.3) is 5.91 Å². The molecule has 1 aromatic heterocycles. The van der Waals surface area contributed by atoms with Crippen molar-refractivity contribution >= 4 is 34.7 Å². The van der Waals surface area contributed by atoms with E-state index in [-0.39, 0.29) is 18.2 Å². The number of imide groups is 1. The van der Waals surface area contributed by atoms with Crippen LogP contribution in [0.15, 0.2) is 6.07 Å². The number of carbonyl (C=O) groups is 3. The molecule has 2 heterocycles. The molecule has 1 atom stereocenters. The van der Waals surface area contributed by atoms with Crippen LogP contribution in [-0.2, 0) is 9.59 Å². The van der Waals surface area contributed by atoms with E-state index in [1.54, 1.807) is 6.07 Å². The summed E-state index contributed by atoms with van der Waals surface area (Å²) in [5.74, 6) is -1.10. The molecule has 1 aromatic rings. The SMILES string of the molecule is Cc1sc(C(=O)NC2CCC(=O)NC2=O)cc1N. The van der Waals surface area contributed by atoms with Gasteiger partial charge >= 0.3 is 0 Å². The van der Waals surface area contributed by atoms with E-state index < -0.39 is 11.9 Å². The van der Waals surface area contributed by atoms with Crippen LogP contribution in [0.4, 0.5) is 5.69 Å². The average Bonchev–Trinajstić information content (AvgIpc) is 2.63. The fourth-order valence-corrected chi connectivity index (χ4v) is 2.51. The minimum atomic E-state index is -0.654. The van der Waals surface area contributed by atoms with Gasteiger partial charge in [-0.05, 0) is 19.4 Å². The second-order valence-electron chi connectivity index (χ2n) is 4.10. The first-order chi connectivity index (χ1) is 8.47. The van der Waals surface area contributed by atoms with E-state index in [4.69, 9.17) is 5.73 Å². The van der Waals surface area contributed by atoms with Crippen LogP contribution < -0.4 is 16.4 Å². The minimum Gasteiger partial charge on any atom is -0.398 e. The van der Waals surface area contributed by atoms with Gasteiger partial charge in [0.15, 0.2) is 0 Å². The second-order valence-corrected chi connectivity index (χ2v) is 5.36. The first kappa shape index (κ1) is 12.6. The van der Waals surface area contributed by atoms with Gasteiger partial charge in [0.2, 0.25) is 11.8 Å². The third-order valence-electron chi connectivity index (χ3n) is 2.72. The third-order valence-corrected chi connectivity index (χ3v) is 3.79. The van der Waals surface area contributed by atoms with Gasteiger partial charge < -0.3 is 11.1 Å². The molecule has 2 rings (SSSR count). The summed E-state index contributed by atoms with van der Waals surface area (Å²) in [5, 5.41) is 4.79. The van der Waals surface area contributed by atoms with Gasteiger partial charge in [0.05, 0.1) is 4.88 Å². The molecular weight excluding hydrogens is 254 g/mol. The van der Waals surface area contributed by atoms with Crippen LogP contribution in [0.1, 0.15) is 27.4 Å². The summed E-state index contributed by atoms with van der Waals surface area (Å²) in [7, 11) is 0. The second kappa shape index (κ2) is 4.77. The normalized spacial score (nSPS) is 19.5. The van der Waals surface area contributed by atoms with Crippen LogP contribution in [-0.4, -0.2) is 23.8 Å². The molecule has 1 aliphatic rings. The van der Waals surface area contributed by atoms with E-state index in [0.717, 1.165) is 4.88 Å². The van der Waals surface area contributed by atoms with Crippen LogP contribution in [0, 0.1) is 6.92 Å². The first-order valence-corrected chi connectivity index (χ1v) is 6.29. The van der Waals surface area contributed by atoms with Gasteiger partial charge in [0.1, 0.15) is 6.04 Å². The molecule has 1 saturated heterocycles. The number of aryl methyl sites for hydroxylation is 1. The lowest BCUT2D eigenvalue weighted by molar-refractivity contribution is -0.134. The monoisotopic (exact) mass is 267 g/mol. The van der Waals surface area contributed by atoms with Crippen molar-refractivity contribution in [1.82, 2.24) is 10.6 Å². The third kappa shape index (κ3) is 2.51. The molecule has 1 fully saturated rings. The molecule has 1 aliphatic heterocycles. The molecular formula is C11H13N3O3S. The quantitative estimate of drug-likeness (QED) is 0.665. The van der Waals surface area contributed by atoms with Crippen LogP contribution in [0.3, 0.4) is 0 Å². The Morgan fingerprint density at radius 1 is 1.56 bits per heavy atom. The van der Waals surface area contributed by atoms with Gasteiger partial charge in [-0.1, -0.05) is 0 Å². The number of hydrogen-bond acceptors (Lipinski definition) is 5. The number of rotatable bonds is 2. The number of thiophene rings is 1. The summed E-state index contributed by atoms with van der Waals surface area (Å²) < 4.78 is 0. The van der Waals surface area contributed by atoms with Gasteiger partial charge in [-0.15, -0.1) is 11.3 Å². The van der Waals surface area contributed by atoms with Gasteiger partial charge in [-0.25, -0.2) is 0 Å². The van der Waals surface area contributed by atoms with Crippen molar-refractivity contribution in [2.24, 2.45) is 0 Å². The van der Waals surface area contributed by atoms with Crippen LogP contribution in [0.5, 0.6) is 0 Å². The number of anilines is 1. The zero-order valence-corrected chi connectivity index (χ0v) is 10.6. The number of nitrogens with two attached hydrogens (primary N) is 1. The lowest BCUT2D eigenvalue weighted by Crippen LogP contribution is -2.52. The zero-order valence-electron chi connectivity index (χ0n) is 9.78. The number of carbonyl (C=O) groups excluding carboxylic acids is 3. The highest BCUT2D eigenvalue weighted by Crippen LogP contribution is 2.23. The Morgan fingerprint density at radius 3 is 2.83 bits per heavy atom. The van der Waals surface area contributed by atoms with Crippen molar-refractivity contribution in [1.29, 1.82) is 0 Å². The molecule has 1 unspecified atom stereocenters. The average molecular weight is 267 g/mol. The van der Waals surface area contributed by atoms with E-state index in [0.29, 0.717) is 17.0 Å². The van der Waals surface area contributed by atoms with Crippen molar-refractivity contribution in [3.05, 3.63) is 15.8 Å². The van der Waals surface area contributed by atoms with Crippen LogP contribution in [0.25, 0.3) is 0 Å². The molecule has 0 aliphatic carbocycles. The summed E-state index contributed by atoms with van der Waals surface area (Å²) >= 11 is 1.28. The maximum atomic E-state index is 11.9. The van der Waals surface area contributed by atoms with Gasteiger partial charge in [-0.3, -0.25) is 19.7 Å². The molecule has 0 saturated carbocycles. The van der Waals surface area contributed by atoms with Crippen LogP contribution >= 0.6 is 11.3 Å². The summed E-state index contributed by atoms with van der Waals surface area (Å²) in [6.07, 6.45) is 0.568. The Hall–Kier alpha value is -1.89. The number of nitrogens with one attached hydrogen (secondary N) is 2. The fraction of sp³-hybridized carbons (Fsp3) is 0.364. The summed E-state index contributed by atoms with van der Waals surface area (Å²) in [6.45, 7) is 1.82. The predicted molar refractivity (Wildman–Crippen MR) is 67.1 cm³/mol. The van der Waals surface area contributed by atoms with Gasteiger partial charge in [0, 0.05) is 17.0 Å². The lowest BCUT2D eigenvalue weighted by Gasteiger charge is -2.21. The van der Waals surface area contributed by atoms with E-state index >= 15 is 0 Å². The van der Waals surface area contributed by atoms with Crippen molar-refractivity contribution in [3.63, 3.8) is 0 Å². The number of piperidine rings is 1. The number of amides is 3. The smallest absolute Gasteiger partial charge is 0.262 e. The standard InChI is InChI=1S/C11H13N3O3S/c1-5-6(12)4-8(18-5)11(17)13-7-2-3-9(15)14-10(7)16/h4,7H,2-3,12H2,1H3,(H,13,17)(H,14,15,16). The summed E-state index contributed by atoms with van der Waals surface area (Å²) in [6, 6.07) is 0.931. The van der Waals surface area contributed by atoms with E-state index in [9.17, 15) is 14.4 Å². The van der Waals surface area contributed by atoms with E-state index in [1.165, 1.54) is 11.3 Å².